The topological polar surface area (TPSA) is 64.4 Å². The lowest BCUT2D eigenvalue weighted by Crippen LogP contribution is -2.27. The van der Waals surface area contributed by atoms with Crippen molar-refractivity contribution in [1.82, 2.24) is 5.32 Å². The molecule has 18 heavy (non-hydrogen) atoms. The number of fused-ring (bicyclic) bond motifs is 1. The first kappa shape index (κ1) is 12.9. The van der Waals surface area contributed by atoms with E-state index in [9.17, 15) is 4.79 Å². The number of hydrogen-bond acceptors (Lipinski definition) is 3. The molecule has 1 heterocycles. The number of amides is 1. The fourth-order valence-corrected chi connectivity index (χ4v) is 2.29. The minimum atomic E-state index is -0.229. The summed E-state index contributed by atoms with van der Waals surface area (Å²) in [5, 5.41) is 3.39. The van der Waals surface area contributed by atoms with E-state index in [2.05, 4.69) is 11.4 Å². The van der Waals surface area contributed by atoms with Gasteiger partial charge in [0.1, 0.15) is 5.75 Å². The van der Waals surface area contributed by atoms with Crippen LogP contribution in [-0.4, -0.2) is 25.6 Å². The number of hydrogen-bond donors (Lipinski definition) is 2. The highest BCUT2D eigenvalue weighted by Crippen LogP contribution is 2.32. The molecule has 4 nitrogen and oxygen atoms in total. The standard InChI is InChI=1S/C14H20N2O2/c15-14(17)6-3-8-16-10-11-7-9-18-13-5-2-1-4-12(11)13/h1-2,4-5,11,16H,3,6-10H2,(H2,15,17). The molecule has 0 fully saturated rings. The first-order valence-electron chi connectivity index (χ1n) is 6.48. The summed E-state index contributed by atoms with van der Waals surface area (Å²) in [4.78, 5) is 10.6. The number of carbonyl (C=O) groups is 1. The first-order chi connectivity index (χ1) is 8.77. The largest absolute Gasteiger partial charge is 0.493 e. The third-order valence-electron chi connectivity index (χ3n) is 3.25. The molecule has 1 aromatic carbocycles. The van der Waals surface area contributed by atoms with E-state index in [0.29, 0.717) is 12.3 Å². The molecule has 4 heteroatoms. The fraction of sp³-hybridized carbons (Fsp3) is 0.500. The van der Waals surface area contributed by atoms with Crippen LogP contribution in [-0.2, 0) is 4.79 Å². The maximum Gasteiger partial charge on any atom is 0.217 e. The van der Waals surface area contributed by atoms with Gasteiger partial charge >= 0.3 is 0 Å². The van der Waals surface area contributed by atoms with Crippen molar-refractivity contribution < 1.29 is 9.53 Å². The van der Waals surface area contributed by atoms with Gasteiger partial charge in [0.2, 0.25) is 5.91 Å². The molecular formula is C14H20N2O2. The molecule has 0 aliphatic carbocycles. The summed E-state index contributed by atoms with van der Waals surface area (Å²) in [5.41, 5.74) is 6.38. The molecule has 3 N–H and O–H groups in total. The van der Waals surface area contributed by atoms with Crippen LogP contribution in [0, 0.1) is 0 Å². The lowest BCUT2D eigenvalue weighted by Gasteiger charge is -2.26. The second-order valence-electron chi connectivity index (χ2n) is 4.65. The summed E-state index contributed by atoms with van der Waals surface area (Å²) in [7, 11) is 0. The zero-order valence-corrected chi connectivity index (χ0v) is 10.5. The van der Waals surface area contributed by atoms with Gasteiger partial charge in [-0.1, -0.05) is 18.2 Å². The molecule has 1 aliphatic rings. The monoisotopic (exact) mass is 248 g/mol. The average Bonchev–Trinajstić information content (AvgIpc) is 2.38. The second kappa shape index (κ2) is 6.40. The van der Waals surface area contributed by atoms with Gasteiger partial charge in [0.05, 0.1) is 6.61 Å². The van der Waals surface area contributed by atoms with Gasteiger partial charge in [0, 0.05) is 18.9 Å². The molecule has 1 atom stereocenters. The third kappa shape index (κ3) is 3.47. The second-order valence-corrected chi connectivity index (χ2v) is 4.65. The summed E-state index contributed by atoms with van der Waals surface area (Å²) < 4.78 is 5.62. The van der Waals surface area contributed by atoms with Crippen molar-refractivity contribution >= 4 is 5.91 Å². The molecule has 0 saturated carbocycles. The van der Waals surface area contributed by atoms with E-state index in [4.69, 9.17) is 10.5 Å². The van der Waals surface area contributed by atoms with E-state index >= 15 is 0 Å². The van der Waals surface area contributed by atoms with Crippen molar-refractivity contribution in [3.8, 4) is 5.75 Å². The number of primary amides is 1. The van der Waals surface area contributed by atoms with Crippen LogP contribution in [0.3, 0.4) is 0 Å². The van der Waals surface area contributed by atoms with Crippen molar-refractivity contribution in [1.29, 1.82) is 0 Å². The Hall–Kier alpha value is -1.55. The maximum absolute atomic E-state index is 10.6. The number of ether oxygens (including phenoxy) is 1. The predicted molar refractivity (Wildman–Crippen MR) is 70.6 cm³/mol. The minimum Gasteiger partial charge on any atom is -0.493 e. The Labute approximate surface area is 108 Å². The van der Waals surface area contributed by atoms with Crippen molar-refractivity contribution in [2.24, 2.45) is 5.73 Å². The Kier molecular flexibility index (Phi) is 4.59. The summed E-state index contributed by atoms with van der Waals surface area (Å²) >= 11 is 0. The highest BCUT2D eigenvalue weighted by Gasteiger charge is 2.20. The molecule has 0 bridgehead atoms. The number of rotatable bonds is 6. The van der Waals surface area contributed by atoms with Crippen LogP contribution >= 0.6 is 0 Å². The van der Waals surface area contributed by atoms with Crippen LogP contribution in [0.25, 0.3) is 0 Å². The Morgan fingerprint density at radius 2 is 2.28 bits per heavy atom. The lowest BCUT2D eigenvalue weighted by molar-refractivity contribution is -0.118. The Balaban J connectivity index is 1.79. The van der Waals surface area contributed by atoms with Crippen molar-refractivity contribution in [2.75, 3.05) is 19.7 Å². The van der Waals surface area contributed by atoms with Gasteiger partial charge in [-0.25, -0.2) is 0 Å². The molecule has 0 aromatic heterocycles. The van der Waals surface area contributed by atoms with E-state index in [0.717, 1.165) is 38.3 Å². The molecule has 1 unspecified atom stereocenters. The lowest BCUT2D eigenvalue weighted by atomic mass is 9.93. The zero-order chi connectivity index (χ0) is 12.8. The van der Waals surface area contributed by atoms with Crippen LogP contribution in [0.15, 0.2) is 24.3 Å². The molecule has 0 saturated heterocycles. The minimum absolute atomic E-state index is 0.229. The van der Waals surface area contributed by atoms with Gasteiger partial charge in [-0.05, 0) is 31.0 Å². The molecule has 1 amide bonds. The van der Waals surface area contributed by atoms with Crippen LogP contribution in [0.1, 0.15) is 30.7 Å². The van der Waals surface area contributed by atoms with E-state index < -0.39 is 0 Å². The van der Waals surface area contributed by atoms with Gasteiger partial charge < -0.3 is 15.8 Å². The average molecular weight is 248 g/mol. The number of nitrogens with two attached hydrogens (primary N) is 1. The molecule has 98 valence electrons. The normalized spacial score (nSPS) is 17.9. The Morgan fingerprint density at radius 1 is 1.44 bits per heavy atom. The maximum atomic E-state index is 10.6. The van der Waals surface area contributed by atoms with Crippen molar-refractivity contribution in [3.05, 3.63) is 29.8 Å². The number of benzene rings is 1. The van der Waals surface area contributed by atoms with Crippen LogP contribution in [0.5, 0.6) is 5.75 Å². The Morgan fingerprint density at radius 3 is 3.11 bits per heavy atom. The smallest absolute Gasteiger partial charge is 0.217 e. The van der Waals surface area contributed by atoms with Gasteiger partial charge in [-0.15, -0.1) is 0 Å². The van der Waals surface area contributed by atoms with Crippen LogP contribution in [0.4, 0.5) is 0 Å². The summed E-state index contributed by atoms with van der Waals surface area (Å²) in [5.74, 6) is 1.28. The summed E-state index contributed by atoms with van der Waals surface area (Å²) in [6, 6.07) is 8.20. The number of para-hydroxylation sites is 1. The van der Waals surface area contributed by atoms with Gasteiger partial charge in [-0.3, -0.25) is 4.79 Å². The SMILES string of the molecule is NC(=O)CCCNCC1CCOc2ccccc21. The van der Waals surface area contributed by atoms with Crippen LogP contribution in [0.2, 0.25) is 0 Å². The highest BCUT2D eigenvalue weighted by molar-refractivity contribution is 5.73. The third-order valence-corrected chi connectivity index (χ3v) is 3.25. The summed E-state index contributed by atoms with van der Waals surface area (Å²) in [6.45, 7) is 2.55. The molecule has 2 rings (SSSR count). The van der Waals surface area contributed by atoms with Crippen molar-refractivity contribution in [2.45, 2.75) is 25.2 Å². The molecule has 1 aliphatic heterocycles. The number of carbonyl (C=O) groups excluding carboxylic acids is 1. The highest BCUT2D eigenvalue weighted by atomic mass is 16.5. The van der Waals surface area contributed by atoms with Crippen LogP contribution < -0.4 is 15.8 Å². The van der Waals surface area contributed by atoms with Gasteiger partial charge in [-0.2, -0.15) is 0 Å². The van der Waals surface area contributed by atoms with E-state index in [1.807, 2.05) is 18.2 Å². The quantitative estimate of drug-likeness (QED) is 0.748. The zero-order valence-electron chi connectivity index (χ0n) is 10.5. The summed E-state index contributed by atoms with van der Waals surface area (Å²) in [6.07, 6.45) is 2.30. The van der Waals surface area contributed by atoms with Gasteiger partial charge in [0.15, 0.2) is 0 Å². The molecular weight excluding hydrogens is 228 g/mol. The Bertz CT molecular complexity index is 407. The van der Waals surface area contributed by atoms with E-state index in [1.165, 1.54) is 5.56 Å². The first-order valence-corrected chi connectivity index (χ1v) is 6.48. The van der Waals surface area contributed by atoms with Gasteiger partial charge in [0.25, 0.3) is 0 Å². The molecule has 0 radical (unpaired) electrons. The van der Waals surface area contributed by atoms with Crippen molar-refractivity contribution in [3.63, 3.8) is 0 Å². The molecule has 0 spiro atoms. The predicted octanol–water partition coefficient (Wildman–Crippen LogP) is 1.41. The fourth-order valence-electron chi connectivity index (χ4n) is 2.29. The number of nitrogens with one attached hydrogen (secondary N) is 1. The van der Waals surface area contributed by atoms with E-state index in [-0.39, 0.29) is 5.91 Å². The molecule has 1 aromatic rings. The van der Waals surface area contributed by atoms with E-state index in [1.54, 1.807) is 0 Å².